The Morgan fingerprint density at radius 2 is 1.82 bits per heavy atom. The van der Waals surface area contributed by atoms with Crippen LogP contribution in [0.15, 0.2) is 59.7 Å². The first-order valence-electron chi connectivity index (χ1n) is 11.2. The highest BCUT2D eigenvalue weighted by Gasteiger charge is 2.17. The highest BCUT2D eigenvalue weighted by atomic mass is 35.5. The van der Waals surface area contributed by atoms with Crippen LogP contribution in [0.25, 0.3) is 17.1 Å². The highest BCUT2D eigenvalue weighted by molar-refractivity contribution is 6.31. The molecular formula is C27H27ClN4O2. The Labute approximate surface area is 204 Å². The van der Waals surface area contributed by atoms with Crippen LogP contribution in [0.3, 0.4) is 0 Å². The lowest BCUT2D eigenvalue weighted by molar-refractivity contribution is 0.305. The molecule has 0 aliphatic heterocycles. The first kappa shape index (κ1) is 23.6. The van der Waals surface area contributed by atoms with Crippen molar-refractivity contribution in [1.29, 1.82) is 0 Å². The van der Waals surface area contributed by atoms with Gasteiger partial charge in [-0.1, -0.05) is 55.3 Å². The van der Waals surface area contributed by atoms with E-state index in [-0.39, 0.29) is 16.5 Å². The molecular weight excluding hydrogens is 448 g/mol. The molecule has 3 heterocycles. The van der Waals surface area contributed by atoms with Crippen molar-refractivity contribution in [2.24, 2.45) is 0 Å². The van der Waals surface area contributed by atoms with Gasteiger partial charge in [0.15, 0.2) is 0 Å². The summed E-state index contributed by atoms with van der Waals surface area (Å²) in [4.78, 5) is 26.8. The minimum absolute atomic E-state index is 0.0418. The highest BCUT2D eigenvalue weighted by Crippen LogP contribution is 2.27. The number of pyridine rings is 2. The second-order valence-electron chi connectivity index (χ2n) is 8.69. The van der Waals surface area contributed by atoms with Gasteiger partial charge in [0.1, 0.15) is 23.2 Å². The third-order valence-electron chi connectivity index (χ3n) is 5.55. The minimum atomic E-state index is -0.341. The van der Waals surface area contributed by atoms with Crippen molar-refractivity contribution < 1.29 is 4.74 Å². The number of benzene rings is 1. The van der Waals surface area contributed by atoms with Gasteiger partial charge >= 0.3 is 0 Å². The second kappa shape index (κ2) is 9.77. The van der Waals surface area contributed by atoms with E-state index in [1.807, 2.05) is 71.0 Å². The monoisotopic (exact) mass is 474 g/mol. The first-order chi connectivity index (χ1) is 16.2. The van der Waals surface area contributed by atoms with E-state index in [9.17, 15) is 4.79 Å². The van der Waals surface area contributed by atoms with Crippen molar-refractivity contribution in [1.82, 2.24) is 19.5 Å². The smallest absolute Gasteiger partial charge is 0.277 e. The number of aromatic nitrogens is 4. The van der Waals surface area contributed by atoms with Crippen LogP contribution in [-0.4, -0.2) is 19.5 Å². The van der Waals surface area contributed by atoms with Gasteiger partial charge in [-0.15, -0.1) is 0 Å². The largest absolute Gasteiger partial charge is 0.487 e. The molecule has 0 radical (unpaired) electrons. The molecule has 0 unspecified atom stereocenters. The predicted octanol–water partition coefficient (Wildman–Crippen LogP) is 5.97. The second-order valence-corrected chi connectivity index (χ2v) is 9.07. The third kappa shape index (κ3) is 4.87. The van der Waals surface area contributed by atoms with Crippen molar-refractivity contribution in [3.8, 4) is 22.8 Å². The summed E-state index contributed by atoms with van der Waals surface area (Å²) in [7, 11) is 0. The van der Waals surface area contributed by atoms with Crippen LogP contribution in [0, 0.1) is 20.8 Å². The van der Waals surface area contributed by atoms with Gasteiger partial charge in [0.2, 0.25) is 0 Å². The number of aryl methyl sites for hydroxylation is 3. The van der Waals surface area contributed by atoms with Crippen LogP contribution < -0.4 is 10.3 Å². The zero-order valence-corrected chi connectivity index (χ0v) is 20.7. The molecule has 0 amide bonds. The average molecular weight is 475 g/mol. The number of hydrogen-bond acceptors (Lipinski definition) is 5. The Morgan fingerprint density at radius 1 is 1.03 bits per heavy atom. The topological polar surface area (TPSA) is 69.9 Å². The standard InChI is InChI=1S/C27H27ClN4O2/c1-16(2)26-29-10-9-21(31-26)22-13-23(18(4)14-30-22)32-19(5)12-24(25(28)27(32)33)34-15-20-8-6-7-17(3)11-20/h6-14,16H,15H2,1-5H3. The molecule has 0 aliphatic rings. The van der Waals surface area contributed by atoms with Crippen molar-refractivity contribution in [3.63, 3.8) is 0 Å². The molecule has 174 valence electrons. The molecule has 3 aromatic heterocycles. The maximum absolute atomic E-state index is 13.3. The Kier molecular flexibility index (Phi) is 6.80. The van der Waals surface area contributed by atoms with Crippen LogP contribution in [0.1, 0.15) is 48.0 Å². The Morgan fingerprint density at radius 3 is 2.56 bits per heavy atom. The maximum Gasteiger partial charge on any atom is 0.277 e. The summed E-state index contributed by atoms with van der Waals surface area (Å²) in [5.74, 6) is 1.31. The van der Waals surface area contributed by atoms with Gasteiger partial charge in [-0.3, -0.25) is 14.3 Å². The summed E-state index contributed by atoms with van der Waals surface area (Å²) in [6, 6.07) is 13.5. The lowest BCUT2D eigenvalue weighted by Crippen LogP contribution is -2.22. The molecule has 1 aromatic carbocycles. The zero-order valence-electron chi connectivity index (χ0n) is 20.0. The van der Waals surface area contributed by atoms with E-state index in [0.717, 1.165) is 22.5 Å². The molecule has 0 spiro atoms. The van der Waals surface area contributed by atoms with E-state index in [1.165, 1.54) is 0 Å². The van der Waals surface area contributed by atoms with Crippen molar-refractivity contribution in [2.75, 3.05) is 0 Å². The number of nitrogens with zero attached hydrogens (tertiary/aromatic N) is 4. The molecule has 0 atom stereocenters. The molecule has 4 rings (SSSR count). The molecule has 7 heteroatoms. The number of halogens is 1. The SMILES string of the molecule is Cc1cccc(COc2cc(C)n(-c3cc(-c4ccnc(C(C)C)n4)ncc3C)c(=O)c2Cl)c1. The van der Waals surface area contributed by atoms with E-state index in [2.05, 4.69) is 15.0 Å². The number of rotatable bonds is 6. The van der Waals surface area contributed by atoms with Gasteiger partial charge < -0.3 is 4.74 Å². The quantitative estimate of drug-likeness (QED) is 0.344. The molecule has 6 nitrogen and oxygen atoms in total. The summed E-state index contributed by atoms with van der Waals surface area (Å²) in [5, 5.41) is 0.0418. The van der Waals surface area contributed by atoms with Crippen LogP contribution >= 0.6 is 11.6 Å². The fourth-order valence-corrected chi connectivity index (χ4v) is 3.93. The van der Waals surface area contributed by atoms with Crippen LogP contribution in [-0.2, 0) is 6.61 Å². The average Bonchev–Trinajstić information content (AvgIpc) is 2.82. The van der Waals surface area contributed by atoms with Crippen molar-refractivity contribution in [3.05, 3.63) is 98.4 Å². The number of ether oxygens (including phenoxy) is 1. The van der Waals surface area contributed by atoms with Crippen LogP contribution in [0.5, 0.6) is 5.75 Å². The lowest BCUT2D eigenvalue weighted by Gasteiger charge is -2.17. The van der Waals surface area contributed by atoms with E-state index in [1.54, 1.807) is 23.0 Å². The third-order valence-corrected chi connectivity index (χ3v) is 5.89. The summed E-state index contributed by atoms with van der Waals surface area (Å²) in [6.45, 7) is 10.2. The molecule has 0 saturated heterocycles. The van der Waals surface area contributed by atoms with Crippen molar-refractivity contribution >= 4 is 11.6 Å². The lowest BCUT2D eigenvalue weighted by atomic mass is 10.1. The molecule has 0 bridgehead atoms. The normalized spacial score (nSPS) is 11.1. The fourth-order valence-electron chi connectivity index (χ4n) is 3.74. The summed E-state index contributed by atoms with van der Waals surface area (Å²) >= 11 is 6.49. The summed E-state index contributed by atoms with van der Waals surface area (Å²) in [5.41, 5.74) is 5.43. The van der Waals surface area contributed by atoms with Gasteiger partial charge in [-0.2, -0.15) is 0 Å². The number of hydrogen-bond donors (Lipinski definition) is 0. The van der Waals surface area contributed by atoms with Crippen LogP contribution in [0.2, 0.25) is 5.02 Å². The molecule has 4 aromatic rings. The van der Waals surface area contributed by atoms with E-state index in [4.69, 9.17) is 16.3 Å². The van der Waals surface area contributed by atoms with Gasteiger partial charge in [0, 0.05) is 30.1 Å². The zero-order chi connectivity index (χ0) is 24.4. The first-order valence-corrected chi connectivity index (χ1v) is 11.5. The minimum Gasteiger partial charge on any atom is -0.487 e. The van der Waals surface area contributed by atoms with Crippen molar-refractivity contribution in [2.45, 2.75) is 47.1 Å². The van der Waals surface area contributed by atoms with Crippen LogP contribution in [0.4, 0.5) is 0 Å². The molecule has 0 saturated carbocycles. The Bertz CT molecular complexity index is 1410. The molecule has 34 heavy (non-hydrogen) atoms. The Balaban J connectivity index is 1.72. The maximum atomic E-state index is 13.3. The van der Waals surface area contributed by atoms with Gasteiger partial charge in [-0.05, 0) is 44.0 Å². The fraction of sp³-hybridized carbons (Fsp3) is 0.259. The van der Waals surface area contributed by atoms with Gasteiger partial charge in [-0.25, -0.2) is 9.97 Å². The van der Waals surface area contributed by atoms with E-state index < -0.39 is 0 Å². The van der Waals surface area contributed by atoms with E-state index in [0.29, 0.717) is 35.1 Å². The van der Waals surface area contributed by atoms with E-state index >= 15 is 0 Å². The van der Waals surface area contributed by atoms with Gasteiger partial charge in [0.05, 0.1) is 17.1 Å². The molecule has 0 aliphatic carbocycles. The Hall–Kier alpha value is -3.51. The van der Waals surface area contributed by atoms with Gasteiger partial charge in [0.25, 0.3) is 5.56 Å². The summed E-state index contributed by atoms with van der Waals surface area (Å²) < 4.78 is 7.50. The predicted molar refractivity (Wildman–Crippen MR) is 135 cm³/mol. The summed E-state index contributed by atoms with van der Waals surface area (Å²) in [6.07, 6.45) is 3.47. The molecule has 0 N–H and O–H groups in total. The molecule has 0 fully saturated rings.